The summed E-state index contributed by atoms with van der Waals surface area (Å²) in [7, 11) is 0. The fourth-order valence-electron chi connectivity index (χ4n) is 3.54. The monoisotopic (exact) mass is 414 g/mol. The van der Waals surface area contributed by atoms with Crippen LogP contribution in [0.25, 0.3) is 0 Å². The minimum atomic E-state index is -4.70. The SMILES string of the molecule is CCN1CCC(Nc2nc(C(F)(F)F)ccc2C#N)C1c1cc(F)c(F)c(F)c1. The quantitative estimate of drug-likeness (QED) is 0.585. The van der Waals surface area contributed by atoms with Gasteiger partial charge in [-0.3, -0.25) is 4.90 Å². The van der Waals surface area contributed by atoms with Crippen molar-refractivity contribution < 1.29 is 26.3 Å². The summed E-state index contributed by atoms with van der Waals surface area (Å²) in [6.07, 6.45) is -4.28. The Morgan fingerprint density at radius 3 is 2.41 bits per heavy atom. The van der Waals surface area contributed by atoms with Crippen LogP contribution >= 0.6 is 0 Å². The van der Waals surface area contributed by atoms with Crippen LogP contribution in [0.2, 0.25) is 0 Å². The third kappa shape index (κ3) is 4.15. The first kappa shape index (κ1) is 20.9. The Hall–Kier alpha value is -2.80. The first-order valence-electron chi connectivity index (χ1n) is 8.79. The van der Waals surface area contributed by atoms with Crippen LogP contribution in [0.4, 0.5) is 32.2 Å². The van der Waals surface area contributed by atoms with Gasteiger partial charge in [-0.25, -0.2) is 18.2 Å². The zero-order valence-corrected chi connectivity index (χ0v) is 15.2. The Kier molecular flexibility index (Phi) is 5.71. The molecule has 2 atom stereocenters. The van der Waals surface area contributed by atoms with Crippen LogP contribution in [0.1, 0.15) is 36.2 Å². The summed E-state index contributed by atoms with van der Waals surface area (Å²) in [5.41, 5.74) is -1.12. The van der Waals surface area contributed by atoms with Gasteiger partial charge in [-0.2, -0.15) is 18.4 Å². The maximum atomic E-state index is 13.7. The smallest absolute Gasteiger partial charge is 0.364 e. The van der Waals surface area contributed by atoms with Crippen molar-refractivity contribution in [3.63, 3.8) is 0 Å². The number of nitriles is 1. The molecule has 10 heteroatoms. The van der Waals surface area contributed by atoms with E-state index in [0.29, 0.717) is 25.6 Å². The number of nitrogens with one attached hydrogen (secondary N) is 1. The van der Waals surface area contributed by atoms with E-state index in [2.05, 4.69) is 10.3 Å². The lowest BCUT2D eigenvalue weighted by molar-refractivity contribution is -0.141. The molecule has 0 saturated carbocycles. The van der Waals surface area contributed by atoms with Gasteiger partial charge in [0.2, 0.25) is 0 Å². The summed E-state index contributed by atoms with van der Waals surface area (Å²) in [6, 6.07) is 4.00. The summed E-state index contributed by atoms with van der Waals surface area (Å²) >= 11 is 0. The van der Waals surface area contributed by atoms with E-state index in [1.165, 1.54) is 0 Å². The van der Waals surface area contributed by atoms with Crippen LogP contribution in [0.15, 0.2) is 24.3 Å². The number of likely N-dealkylation sites (tertiary alicyclic amines) is 1. The van der Waals surface area contributed by atoms with Gasteiger partial charge in [0.25, 0.3) is 0 Å². The number of pyridine rings is 1. The summed E-state index contributed by atoms with van der Waals surface area (Å²) < 4.78 is 79.8. The molecule has 1 fully saturated rings. The van der Waals surface area contributed by atoms with Gasteiger partial charge in [-0.1, -0.05) is 6.92 Å². The van der Waals surface area contributed by atoms with Crippen molar-refractivity contribution in [3.05, 3.63) is 58.5 Å². The molecule has 1 aliphatic heterocycles. The lowest BCUT2D eigenvalue weighted by atomic mass is 9.99. The molecule has 2 aromatic rings. The molecule has 0 radical (unpaired) electrons. The van der Waals surface area contributed by atoms with Crippen LogP contribution in [0, 0.1) is 28.8 Å². The van der Waals surface area contributed by atoms with Crippen molar-refractivity contribution in [2.45, 2.75) is 31.6 Å². The van der Waals surface area contributed by atoms with Crippen molar-refractivity contribution >= 4 is 5.82 Å². The Bertz CT molecular complexity index is 930. The molecule has 0 amide bonds. The number of alkyl halides is 3. The topological polar surface area (TPSA) is 52.0 Å². The van der Waals surface area contributed by atoms with E-state index >= 15 is 0 Å². The molecule has 3 rings (SSSR count). The second-order valence-corrected chi connectivity index (χ2v) is 6.61. The van der Waals surface area contributed by atoms with Gasteiger partial charge in [0.15, 0.2) is 17.5 Å². The maximum Gasteiger partial charge on any atom is 0.433 e. The molecule has 29 heavy (non-hydrogen) atoms. The lowest BCUT2D eigenvalue weighted by Crippen LogP contribution is -2.32. The van der Waals surface area contributed by atoms with Crippen LogP contribution < -0.4 is 5.32 Å². The highest BCUT2D eigenvalue weighted by atomic mass is 19.4. The minimum Gasteiger partial charge on any atom is -0.364 e. The van der Waals surface area contributed by atoms with Crippen LogP contribution in [-0.2, 0) is 6.18 Å². The number of hydrogen-bond acceptors (Lipinski definition) is 4. The highest BCUT2D eigenvalue weighted by Gasteiger charge is 2.37. The van der Waals surface area contributed by atoms with Crippen molar-refractivity contribution in [1.82, 2.24) is 9.88 Å². The van der Waals surface area contributed by atoms with E-state index in [0.717, 1.165) is 18.2 Å². The summed E-state index contributed by atoms with van der Waals surface area (Å²) in [5.74, 6) is -4.56. The number of rotatable bonds is 4. The molecule has 1 aromatic heterocycles. The van der Waals surface area contributed by atoms with E-state index < -0.39 is 41.4 Å². The predicted octanol–water partition coefficient (Wildman–Crippen LogP) is 4.64. The minimum absolute atomic E-state index is 0.0943. The van der Waals surface area contributed by atoms with E-state index in [4.69, 9.17) is 0 Å². The first-order chi connectivity index (χ1) is 13.7. The Balaban J connectivity index is 1.99. The third-order valence-corrected chi connectivity index (χ3v) is 4.88. The molecule has 1 N–H and O–H groups in total. The maximum absolute atomic E-state index is 13.7. The average molecular weight is 414 g/mol. The summed E-state index contributed by atoms with van der Waals surface area (Å²) in [6.45, 7) is 2.79. The molecule has 1 aromatic carbocycles. The number of benzene rings is 1. The fourth-order valence-corrected chi connectivity index (χ4v) is 3.54. The Labute approximate surface area is 162 Å². The molecule has 0 aliphatic carbocycles. The number of nitrogens with zero attached hydrogens (tertiary/aromatic N) is 3. The number of halogens is 6. The zero-order chi connectivity index (χ0) is 21.3. The van der Waals surface area contributed by atoms with Gasteiger partial charge in [0, 0.05) is 12.6 Å². The molecule has 1 aliphatic rings. The van der Waals surface area contributed by atoms with E-state index in [1.54, 1.807) is 6.07 Å². The van der Waals surface area contributed by atoms with Gasteiger partial charge in [-0.15, -0.1) is 0 Å². The van der Waals surface area contributed by atoms with E-state index in [9.17, 15) is 31.6 Å². The second-order valence-electron chi connectivity index (χ2n) is 6.61. The summed E-state index contributed by atoms with van der Waals surface area (Å²) in [4.78, 5) is 5.37. The van der Waals surface area contributed by atoms with Crippen LogP contribution in [0.5, 0.6) is 0 Å². The number of hydrogen-bond donors (Lipinski definition) is 1. The molecule has 2 unspecified atom stereocenters. The van der Waals surface area contributed by atoms with Crippen molar-refractivity contribution in [2.75, 3.05) is 18.4 Å². The normalized spacial score (nSPS) is 19.9. The second kappa shape index (κ2) is 7.91. The number of anilines is 1. The van der Waals surface area contributed by atoms with Crippen molar-refractivity contribution in [2.24, 2.45) is 0 Å². The van der Waals surface area contributed by atoms with Crippen molar-refractivity contribution in [1.29, 1.82) is 5.26 Å². The van der Waals surface area contributed by atoms with Crippen LogP contribution in [0.3, 0.4) is 0 Å². The number of likely N-dealkylation sites (N-methyl/N-ethyl adjacent to an activating group) is 1. The molecular formula is C19H16F6N4. The van der Waals surface area contributed by atoms with Gasteiger partial charge < -0.3 is 5.32 Å². The zero-order valence-electron chi connectivity index (χ0n) is 15.2. The fraction of sp³-hybridized carbons (Fsp3) is 0.368. The highest BCUT2D eigenvalue weighted by Crippen LogP contribution is 2.36. The van der Waals surface area contributed by atoms with Crippen molar-refractivity contribution in [3.8, 4) is 6.07 Å². The molecule has 154 valence electrons. The molecular weight excluding hydrogens is 398 g/mol. The van der Waals surface area contributed by atoms with Crippen LogP contribution in [-0.4, -0.2) is 29.0 Å². The van der Waals surface area contributed by atoms with Gasteiger partial charge in [0.1, 0.15) is 17.6 Å². The van der Waals surface area contributed by atoms with E-state index in [-0.39, 0.29) is 16.9 Å². The molecule has 0 bridgehead atoms. The largest absolute Gasteiger partial charge is 0.433 e. The summed E-state index contributed by atoms with van der Waals surface area (Å²) in [5, 5.41) is 12.0. The molecule has 2 heterocycles. The van der Waals surface area contributed by atoms with Gasteiger partial charge in [-0.05, 0) is 42.8 Å². The van der Waals surface area contributed by atoms with Gasteiger partial charge >= 0.3 is 6.18 Å². The van der Waals surface area contributed by atoms with E-state index in [1.807, 2.05) is 11.8 Å². The standard InChI is InChI=1S/C19H16F6N4/c1-2-29-6-5-14(17(29)11-7-12(20)16(22)13(21)8-11)27-18-10(9-26)3-4-15(28-18)19(23,24)25/h3-4,7-8,14,17H,2,5-6H2,1H3,(H,27,28). The average Bonchev–Trinajstić information content (AvgIpc) is 3.07. The predicted molar refractivity (Wildman–Crippen MR) is 92.3 cm³/mol. The Morgan fingerprint density at radius 2 is 1.86 bits per heavy atom. The number of aromatic nitrogens is 1. The molecule has 1 saturated heterocycles. The highest BCUT2D eigenvalue weighted by molar-refractivity contribution is 5.53. The lowest BCUT2D eigenvalue weighted by Gasteiger charge is -2.29. The molecule has 4 nitrogen and oxygen atoms in total. The van der Waals surface area contributed by atoms with Gasteiger partial charge in [0.05, 0.1) is 11.6 Å². The molecule has 0 spiro atoms. The Morgan fingerprint density at radius 1 is 1.21 bits per heavy atom. The first-order valence-corrected chi connectivity index (χ1v) is 8.79. The third-order valence-electron chi connectivity index (χ3n) is 4.88.